The van der Waals surface area contributed by atoms with Crippen molar-refractivity contribution >= 4 is 21.0 Å². The summed E-state index contributed by atoms with van der Waals surface area (Å²) in [5, 5.41) is 0. The van der Waals surface area contributed by atoms with Crippen LogP contribution in [0.1, 0.15) is 18.5 Å². The Kier molecular flexibility index (Phi) is 5.50. The molecular formula is C13H20N2O4S2. The van der Waals surface area contributed by atoms with Gasteiger partial charge in [0.2, 0.25) is 0 Å². The summed E-state index contributed by atoms with van der Waals surface area (Å²) >= 11 is 0. The predicted molar refractivity (Wildman–Crippen MR) is 81.6 cm³/mol. The molecular weight excluding hydrogens is 312 g/mol. The molecule has 1 saturated heterocycles. The minimum absolute atomic E-state index is 0.350. The third-order valence-corrected chi connectivity index (χ3v) is 5.98. The Morgan fingerprint density at radius 3 is 2.33 bits per heavy atom. The molecule has 1 aromatic rings. The molecule has 1 fully saturated rings. The van der Waals surface area contributed by atoms with Gasteiger partial charge in [-0.2, -0.15) is 17.4 Å². The van der Waals surface area contributed by atoms with E-state index in [2.05, 4.69) is 4.72 Å². The molecule has 1 heterocycles. The van der Waals surface area contributed by atoms with Gasteiger partial charge in [-0.15, -0.1) is 0 Å². The monoisotopic (exact) mass is 332 g/mol. The smallest absolute Gasteiger partial charge is 0.280 e. The predicted octanol–water partition coefficient (Wildman–Crippen LogP) is 0.652. The fourth-order valence-corrected chi connectivity index (χ4v) is 3.98. The number of benzene rings is 1. The highest BCUT2D eigenvalue weighted by Crippen LogP contribution is 2.17. The van der Waals surface area contributed by atoms with Crippen LogP contribution < -0.4 is 4.72 Å². The van der Waals surface area contributed by atoms with Crippen molar-refractivity contribution in [2.75, 3.05) is 32.6 Å². The highest BCUT2D eigenvalue weighted by molar-refractivity contribution is 7.87. The lowest BCUT2D eigenvalue weighted by atomic mass is 10.1. The number of hydrogen-bond donors (Lipinski definition) is 1. The highest BCUT2D eigenvalue weighted by atomic mass is 32.2. The molecule has 0 saturated carbocycles. The third kappa shape index (κ3) is 4.33. The molecule has 0 radical (unpaired) electrons. The Morgan fingerprint density at radius 2 is 1.81 bits per heavy atom. The molecule has 0 bridgehead atoms. The van der Waals surface area contributed by atoms with Gasteiger partial charge in [-0.1, -0.05) is 12.1 Å². The van der Waals surface area contributed by atoms with Crippen LogP contribution in [0.5, 0.6) is 0 Å². The maximum absolute atomic E-state index is 12.3. The standard InChI is InChI=1S/C13H20N2O4S2/c1-11(12-3-5-13(6-4-12)20(2)16)14-21(17,18)15-7-9-19-10-8-15/h3-6,11,14H,7-10H2,1-2H3. The van der Waals surface area contributed by atoms with Crippen LogP contribution in [-0.2, 0) is 25.7 Å². The summed E-state index contributed by atoms with van der Waals surface area (Å²) in [6.45, 7) is 3.38. The van der Waals surface area contributed by atoms with Crippen LogP contribution in [0.15, 0.2) is 29.2 Å². The van der Waals surface area contributed by atoms with E-state index < -0.39 is 21.0 Å². The zero-order valence-corrected chi connectivity index (χ0v) is 13.7. The molecule has 6 nitrogen and oxygen atoms in total. The molecule has 2 rings (SSSR count). The molecule has 8 heteroatoms. The van der Waals surface area contributed by atoms with Gasteiger partial charge in [-0.3, -0.25) is 4.21 Å². The topological polar surface area (TPSA) is 75.7 Å². The first-order valence-electron chi connectivity index (χ1n) is 6.68. The van der Waals surface area contributed by atoms with Crippen molar-refractivity contribution in [3.8, 4) is 0 Å². The first-order valence-corrected chi connectivity index (χ1v) is 9.68. The van der Waals surface area contributed by atoms with Gasteiger partial charge in [0.25, 0.3) is 10.2 Å². The summed E-state index contributed by atoms with van der Waals surface area (Å²) in [6.07, 6.45) is 1.61. The van der Waals surface area contributed by atoms with Crippen molar-refractivity contribution in [2.45, 2.75) is 17.9 Å². The minimum atomic E-state index is -3.51. The van der Waals surface area contributed by atoms with E-state index in [9.17, 15) is 12.6 Å². The summed E-state index contributed by atoms with van der Waals surface area (Å²) in [4.78, 5) is 0.724. The van der Waals surface area contributed by atoms with Gasteiger partial charge in [0.15, 0.2) is 0 Å². The number of morpholine rings is 1. The van der Waals surface area contributed by atoms with Crippen LogP contribution in [0.3, 0.4) is 0 Å². The molecule has 2 atom stereocenters. The summed E-state index contributed by atoms with van der Waals surface area (Å²) in [5.74, 6) is 0. The summed E-state index contributed by atoms with van der Waals surface area (Å²) in [6, 6.07) is 6.75. The van der Waals surface area contributed by atoms with E-state index in [1.165, 1.54) is 4.31 Å². The van der Waals surface area contributed by atoms with Crippen molar-refractivity contribution in [2.24, 2.45) is 0 Å². The lowest BCUT2D eigenvalue weighted by Gasteiger charge is -2.27. The average Bonchev–Trinajstić information content (AvgIpc) is 2.48. The number of nitrogens with zero attached hydrogens (tertiary/aromatic N) is 1. The third-order valence-electron chi connectivity index (χ3n) is 3.35. The molecule has 1 N–H and O–H groups in total. The molecule has 2 unspecified atom stereocenters. The second-order valence-electron chi connectivity index (χ2n) is 4.88. The van der Waals surface area contributed by atoms with Crippen LogP contribution in [0.4, 0.5) is 0 Å². The van der Waals surface area contributed by atoms with Gasteiger partial charge < -0.3 is 4.74 Å². The second kappa shape index (κ2) is 6.97. The Balaban J connectivity index is 2.05. The van der Waals surface area contributed by atoms with Gasteiger partial charge in [0.05, 0.1) is 13.2 Å². The van der Waals surface area contributed by atoms with Crippen LogP contribution in [0.2, 0.25) is 0 Å². The minimum Gasteiger partial charge on any atom is -0.379 e. The normalized spacial score (nSPS) is 20.1. The molecule has 0 aromatic heterocycles. The maximum atomic E-state index is 12.3. The molecule has 0 amide bonds. The van der Waals surface area contributed by atoms with E-state index in [0.717, 1.165) is 10.5 Å². The largest absolute Gasteiger partial charge is 0.379 e. The molecule has 1 aliphatic rings. The lowest BCUT2D eigenvalue weighted by Crippen LogP contribution is -2.47. The van der Waals surface area contributed by atoms with E-state index in [1.54, 1.807) is 37.4 Å². The Hall–Kier alpha value is -0.800. The quantitative estimate of drug-likeness (QED) is 0.859. The van der Waals surface area contributed by atoms with E-state index in [4.69, 9.17) is 4.74 Å². The number of ether oxygens (including phenoxy) is 1. The number of hydrogen-bond acceptors (Lipinski definition) is 4. The van der Waals surface area contributed by atoms with Crippen LogP contribution in [0, 0.1) is 0 Å². The molecule has 0 aliphatic carbocycles. The van der Waals surface area contributed by atoms with E-state index in [-0.39, 0.29) is 6.04 Å². The van der Waals surface area contributed by atoms with Crippen LogP contribution >= 0.6 is 0 Å². The van der Waals surface area contributed by atoms with Crippen molar-refractivity contribution in [1.29, 1.82) is 0 Å². The summed E-state index contributed by atoms with van der Waals surface area (Å²) in [5.41, 5.74) is 0.834. The maximum Gasteiger partial charge on any atom is 0.280 e. The first kappa shape index (κ1) is 16.6. The van der Waals surface area contributed by atoms with Crippen molar-refractivity contribution in [3.63, 3.8) is 0 Å². The number of nitrogens with one attached hydrogen (secondary N) is 1. The van der Waals surface area contributed by atoms with Gasteiger partial charge in [0, 0.05) is 41.1 Å². The van der Waals surface area contributed by atoms with Crippen molar-refractivity contribution in [3.05, 3.63) is 29.8 Å². The second-order valence-corrected chi connectivity index (χ2v) is 7.96. The Morgan fingerprint density at radius 1 is 1.24 bits per heavy atom. The molecule has 21 heavy (non-hydrogen) atoms. The zero-order valence-electron chi connectivity index (χ0n) is 12.1. The van der Waals surface area contributed by atoms with Crippen molar-refractivity contribution in [1.82, 2.24) is 9.03 Å². The molecule has 0 spiro atoms. The van der Waals surface area contributed by atoms with Gasteiger partial charge in [-0.05, 0) is 24.6 Å². The molecule has 118 valence electrons. The Bertz CT molecular complexity index is 595. The summed E-state index contributed by atoms with van der Waals surface area (Å²) in [7, 11) is -4.55. The fraction of sp³-hybridized carbons (Fsp3) is 0.538. The highest BCUT2D eigenvalue weighted by Gasteiger charge is 2.26. The lowest BCUT2D eigenvalue weighted by molar-refractivity contribution is 0.0723. The van der Waals surface area contributed by atoms with Gasteiger partial charge in [-0.25, -0.2) is 0 Å². The van der Waals surface area contributed by atoms with Crippen LogP contribution in [0.25, 0.3) is 0 Å². The Labute approximate surface area is 128 Å². The number of rotatable bonds is 5. The van der Waals surface area contributed by atoms with Gasteiger partial charge in [0.1, 0.15) is 0 Å². The summed E-state index contributed by atoms with van der Waals surface area (Å²) < 4.78 is 45.1. The van der Waals surface area contributed by atoms with E-state index in [0.29, 0.717) is 26.3 Å². The SMILES string of the molecule is CC(NS(=O)(=O)N1CCOCC1)c1ccc(S(C)=O)cc1. The van der Waals surface area contributed by atoms with Crippen molar-refractivity contribution < 1.29 is 17.4 Å². The first-order chi connectivity index (χ1) is 9.90. The van der Waals surface area contributed by atoms with E-state index in [1.807, 2.05) is 0 Å². The zero-order chi connectivity index (χ0) is 15.5. The van der Waals surface area contributed by atoms with Crippen LogP contribution in [-0.4, -0.2) is 49.5 Å². The molecule has 1 aromatic carbocycles. The van der Waals surface area contributed by atoms with E-state index >= 15 is 0 Å². The molecule has 1 aliphatic heterocycles. The average molecular weight is 332 g/mol. The fourth-order valence-electron chi connectivity index (χ4n) is 2.10. The van der Waals surface area contributed by atoms with Gasteiger partial charge >= 0.3 is 0 Å².